The summed E-state index contributed by atoms with van der Waals surface area (Å²) in [6.07, 6.45) is 4.15. The molecule has 4 aliphatic rings. The van der Waals surface area contributed by atoms with Crippen LogP contribution in [0.2, 0.25) is 10.0 Å². The molecule has 4 fully saturated rings. The zero-order chi connectivity index (χ0) is 23.9. The Morgan fingerprint density at radius 1 is 1.12 bits per heavy atom. The number of amides is 2. The zero-order valence-corrected chi connectivity index (χ0v) is 21.0. The van der Waals surface area contributed by atoms with Crippen molar-refractivity contribution in [2.75, 3.05) is 26.7 Å². The third kappa shape index (κ3) is 4.58. The fourth-order valence-corrected chi connectivity index (χ4v) is 6.34. The zero-order valence-electron chi connectivity index (χ0n) is 19.5. The minimum absolute atomic E-state index is 0.0195. The summed E-state index contributed by atoms with van der Waals surface area (Å²) in [5, 5.41) is 4.18. The second-order valence-electron chi connectivity index (χ2n) is 10.1. The first-order valence-electron chi connectivity index (χ1n) is 12.2. The van der Waals surface area contributed by atoms with E-state index in [0.717, 1.165) is 43.6 Å². The van der Waals surface area contributed by atoms with Crippen LogP contribution in [0, 0.1) is 5.92 Å². The highest BCUT2D eigenvalue weighted by Crippen LogP contribution is 2.51. The standard InChI is InChI=1S/C27H31Cl2N3O2/c1-31(24-17-32-13-9-19(24)10-14-32)25(33)23(15-18-5-3-2-4-6-18)30-26(34)27(11-12-27)21-8-7-20(28)16-22(21)29/h2-8,16,19,23-24H,9-15,17H2,1H3,(H,30,34)/t23-,24?/m0/s1. The number of nitrogens with zero attached hydrogens (tertiary/aromatic N) is 2. The van der Waals surface area contributed by atoms with Crippen molar-refractivity contribution in [1.82, 2.24) is 15.1 Å². The Morgan fingerprint density at radius 3 is 2.41 bits per heavy atom. The molecule has 2 bridgehead atoms. The van der Waals surface area contributed by atoms with Gasteiger partial charge < -0.3 is 15.1 Å². The predicted octanol–water partition coefficient (Wildman–Crippen LogP) is 4.31. The number of piperidine rings is 3. The van der Waals surface area contributed by atoms with Gasteiger partial charge in [-0.3, -0.25) is 9.59 Å². The summed E-state index contributed by atoms with van der Waals surface area (Å²) in [6, 6.07) is 14.8. The van der Waals surface area contributed by atoms with Crippen molar-refractivity contribution in [3.05, 3.63) is 69.7 Å². The maximum atomic E-state index is 13.8. The highest BCUT2D eigenvalue weighted by Gasteiger charge is 2.53. The number of carbonyl (C=O) groups excluding carboxylic acids is 2. The van der Waals surface area contributed by atoms with E-state index in [1.54, 1.807) is 12.1 Å². The molecule has 180 valence electrons. The average molecular weight is 500 g/mol. The molecule has 2 aromatic rings. The van der Waals surface area contributed by atoms with Crippen molar-refractivity contribution in [3.63, 3.8) is 0 Å². The van der Waals surface area contributed by atoms with Crippen molar-refractivity contribution in [2.24, 2.45) is 5.92 Å². The summed E-state index contributed by atoms with van der Waals surface area (Å²) in [4.78, 5) is 31.8. The minimum atomic E-state index is -0.689. The number of hydrogen-bond donors (Lipinski definition) is 1. The molecule has 0 radical (unpaired) electrons. The molecule has 5 nitrogen and oxygen atoms in total. The van der Waals surface area contributed by atoms with Crippen LogP contribution in [0.4, 0.5) is 0 Å². The molecule has 7 heteroatoms. The van der Waals surface area contributed by atoms with Crippen LogP contribution < -0.4 is 5.32 Å². The van der Waals surface area contributed by atoms with Crippen LogP contribution in [-0.2, 0) is 21.4 Å². The maximum Gasteiger partial charge on any atom is 0.245 e. The second-order valence-corrected chi connectivity index (χ2v) is 10.9. The van der Waals surface area contributed by atoms with Crippen molar-refractivity contribution >= 4 is 35.0 Å². The molecule has 1 aliphatic carbocycles. The topological polar surface area (TPSA) is 52.7 Å². The Morgan fingerprint density at radius 2 is 1.82 bits per heavy atom. The molecule has 2 atom stereocenters. The van der Waals surface area contributed by atoms with Gasteiger partial charge in [0.1, 0.15) is 6.04 Å². The number of nitrogens with one attached hydrogen (secondary N) is 1. The number of carbonyl (C=O) groups is 2. The number of benzene rings is 2. The van der Waals surface area contributed by atoms with Gasteiger partial charge in [0.15, 0.2) is 0 Å². The van der Waals surface area contributed by atoms with E-state index in [0.29, 0.717) is 35.2 Å². The van der Waals surface area contributed by atoms with Gasteiger partial charge >= 0.3 is 0 Å². The molecule has 6 rings (SSSR count). The largest absolute Gasteiger partial charge is 0.343 e. The lowest BCUT2D eigenvalue weighted by molar-refractivity contribution is -0.140. The number of rotatable bonds is 7. The Hall–Kier alpha value is -2.08. The molecule has 1 N–H and O–H groups in total. The minimum Gasteiger partial charge on any atom is -0.343 e. The summed E-state index contributed by atoms with van der Waals surface area (Å²) in [5.74, 6) is 0.386. The number of hydrogen-bond acceptors (Lipinski definition) is 3. The van der Waals surface area contributed by atoms with Crippen LogP contribution in [-0.4, -0.2) is 60.4 Å². The van der Waals surface area contributed by atoms with Crippen LogP contribution in [0.25, 0.3) is 0 Å². The first-order chi connectivity index (χ1) is 16.4. The highest BCUT2D eigenvalue weighted by molar-refractivity contribution is 6.35. The summed E-state index contributed by atoms with van der Waals surface area (Å²) < 4.78 is 0. The molecule has 1 unspecified atom stereocenters. The van der Waals surface area contributed by atoms with E-state index in [1.807, 2.05) is 48.3 Å². The van der Waals surface area contributed by atoms with Gasteiger partial charge in [0.05, 0.1) is 5.41 Å². The molecule has 3 saturated heterocycles. The first kappa shape index (κ1) is 23.7. The lowest BCUT2D eigenvalue weighted by Crippen LogP contribution is -2.61. The van der Waals surface area contributed by atoms with E-state index >= 15 is 0 Å². The number of halogens is 2. The fraction of sp³-hybridized carbons (Fsp3) is 0.481. The molecular formula is C27H31Cl2N3O2. The molecule has 34 heavy (non-hydrogen) atoms. The highest BCUT2D eigenvalue weighted by atomic mass is 35.5. The Bertz CT molecular complexity index is 1060. The van der Waals surface area contributed by atoms with E-state index in [9.17, 15) is 9.59 Å². The van der Waals surface area contributed by atoms with Gasteiger partial charge in [-0.1, -0.05) is 59.6 Å². The van der Waals surface area contributed by atoms with E-state index < -0.39 is 11.5 Å². The first-order valence-corrected chi connectivity index (χ1v) is 12.9. The Kier molecular flexibility index (Phi) is 6.62. The van der Waals surface area contributed by atoms with Gasteiger partial charge in [-0.25, -0.2) is 0 Å². The summed E-state index contributed by atoms with van der Waals surface area (Å²) in [6.45, 7) is 3.17. The molecule has 3 aliphatic heterocycles. The molecule has 0 spiro atoms. The lowest BCUT2D eigenvalue weighted by Gasteiger charge is -2.48. The third-order valence-corrected chi connectivity index (χ3v) is 8.53. The van der Waals surface area contributed by atoms with Gasteiger partial charge in [0.2, 0.25) is 11.8 Å². The molecule has 0 aromatic heterocycles. The van der Waals surface area contributed by atoms with Gasteiger partial charge in [0.25, 0.3) is 0 Å². The normalized spacial score (nSPS) is 25.4. The van der Waals surface area contributed by atoms with Crippen molar-refractivity contribution in [3.8, 4) is 0 Å². The lowest BCUT2D eigenvalue weighted by atomic mass is 9.83. The van der Waals surface area contributed by atoms with E-state index in [4.69, 9.17) is 23.2 Å². The summed E-state index contributed by atoms with van der Waals surface area (Å²) in [5.41, 5.74) is 1.12. The Balaban J connectivity index is 1.37. The third-order valence-electron chi connectivity index (χ3n) is 7.98. The summed E-state index contributed by atoms with van der Waals surface area (Å²) in [7, 11) is 1.90. The van der Waals surface area contributed by atoms with Gasteiger partial charge in [-0.2, -0.15) is 0 Å². The van der Waals surface area contributed by atoms with Gasteiger partial charge in [0, 0.05) is 36.1 Å². The quantitative estimate of drug-likeness (QED) is 0.617. The summed E-state index contributed by atoms with van der Waals surface area (Å²) >= 11 is 12.6. The molecule has 3 heterocycles. The van der Waals surface area contributed by atoms with Gasteiger partial charge in [-0.05, 0) is 68.0 Å². The maximum absolute atomic E-state index is 13.8. The number of fused-ring (bicyclic) bond motifs is 3. The van der Waals surface area contributed by atoms with Gasteiger partial charge in [-0.15, -0.1) is 0 Å². The van der Waals surface area contributed by atoms with Crippen LogP contribution in [0.3, 0.4) is 0 Å². The molecule has 2 amide bonds. The average Bonchev–Trinajstić information content (AvgIpc) is 3.66. The van der Waals surface area contributed by atoms with Crippen LogP contribution in [0.5, 0.6) is 0 Å². The molecule has 1 saturated carbocycles. The fourth-order valence-electron chi connectivity index (χ4n) is 5.75. The van der Waals surface area contributed by atoms with Crippen LogP contribution in [0.15, 0.2) is 48.5 Å². The molecule has 2 aromatic carbocycles. The second kappa shape index (κ2) is 9.52. The van der Waals surface area contributed by atoms with Crippen LogP contribution >= 0.6 is 23.2 Å². The van der Waals surface area contributed by atoms with Crippen molar-refractivity contribution in [2.45, 2.75) is 49.6 Å². The van der Waals surface area contributed by atoms with Crippen molar-refractivity contribution < 1.29 is 9.59 Å². The van der Waals surface area contributed by atoms with E-state index in [-0.39, 0.29) is 17.9 Å². The predicted molar refractivity (Wildman–Crippen MR) is 135 cm³/mol. The van der Waals surface area contributed by atoms with Crippen LogP contribution in [0.1, 0.15) is 36.8 Å². The SMILES string of the molecule is CN(C(=O)[C@H](Cc1ccccc1)NC(=O)C1(c2ccc(Cl)cc2Cl)CC1)C1CN2CCC1CC2. The van der Waals surface area contributed by atoms with Crippen molar-refractivity contribution in [1.29, 1.82) is 0 Å². The smallest absolute Gasteiger partial charge is 0.245 e. The molecular weight excluding hydrogens is 469 g/mol. The Labute approximate surface area is 211 Å². The van der Waals surface area contributed by atoms with E-state index in [2.05, 4.69) is 10.2 Å². The number of likely N-dealkylation sites (N-methyl/N-ethyl adjacent to an activating group) is 1. The monoisotopic (exact) mass is 499 g/mol. The van der Waals surface area contributed by atoms with E-state index in [1.165, 1.54) is 0 Å².